The molecule has 1 aromatic carbocycles. The molecule has 0 aliphatic carbocycles. The minimum atomic E-state index is -0.0982. The van der Waals surface area contributed by atoms with Crippen LogP contribution in [0.15, 0.2) is 12.1 Å². The van der Waals surface area contributed by atoms with Crippen molar-refractivity contribution in [1.82, 2.24) is 15.3 Å². The van der Waals surface area contributed by atoms with Crippen molar-refractivity contribution in [1.29, 1.82) is 0 Å². The van der Waals surface area contributed by atoms with Gasteiger partial charge in [-0.1, -0.05) is 6.07 Å². The van der Waals surface area contributed by atoms with Gasteiger partial charge in [0.15, 0.2) is 0 Å². The van der Waals surface area contributed by atoms with E-state index in [1.165, 1.54) is 17.5 Å². The lowest BCUT2D eigenvalue weighted by Crippen LogP contribution is -2.32. The first-order valence-electron chi connectivity index (χ1n) is 9.04. The summed E-state index contributed by atoms with van der Waals surface area (Å²) in [5.41, 5.74) is 4.48. The predicted octanol–water partition coefficient (Wildman–Crippen LogP) is 2.42. The monoisotopic (exact) mass is 345 g/mol. The molecule has 1 amide bonds. The van der Waals surface area contributed by atoms with Gasteiger partial charge in [0.1, 0.15) is 12.4 Å². The third-order valence-corrected chi connectivity index (χ3v) is 4.72. The van der Waals surface area contributed by atoms with E-state index in [2.05, 4.69) is 35.2 Å². The highest BCUT2D eigenvalue weighted by atomic mass is 16.5. The van der Waals surface area contributed by atoms with Crippen LogP contribution >= 0.6 is 0 Å². The molecule has 1 aliphatic heterocycles. The number of rotatable bonds is 7. The maximum atomic E-state index is 11.8. The Morgan fingerprint density at radius 2 is 2.28 bits per heavy atom. The number of aromatic nitrogens is 2. The van der Waals surface area contributed by atoms with Crippen molar-refractivity contribution in [2.45, 2.75) is 45.6 Å². The van der Waals surface area contributed by atoms with E-state index >= 15 is 0 Å². The second-order valence-corrected chi connectivity index (χ2v) is 6.69. The van der Waals surface area contributed by atoms with Crippen LogP contribution in [0.25, 0.3) is 11.0 Å². The Labute approximate surface area is 148 Å². The van der Waals surface area contributed by atoms with Crippen LogP contribution in [0.2, 0.25) is 0 Å². The quantitative estimate of drug-likeness (QED) is 0.808. The topological polar surface area (TPSA) is 76.2 Å². The summed E-state index contributed by atoms with van der Waals surface area (Å²) in [4.78, 5) is 19.8. The molecule has 1 saturated heterocycles. The average molecular weight is 345 g/mol. The van der Waals surface area contributed by atoms with Gasteiger partial charge in [0.2, 0.25) is 5.91 Å². The normalized spacial score (nSPS) is 17.8. The third-order valence-electron chi connectivity index (χ3n) is 4.72. The molecule has 2 aromatic rings. The minimum Gasteiger partial charge on any atom is -0.376 e. The fraction of sp³-hybridized carbons (Fsp3) is 0.579. The highest BCUT2D eigenvalue weighted by Crippen LogP contribution is 2.19. The molecule has 1 fully saturated rings. The van der Waals surface area contributed by atoms with E-state index in [1.807, 2.05) is 6.07 Å². The fourth-order valence-corrected chi connectivity index (χ4v) is 3.08. The number of ether oxygens (including phenoxy) is 2. The van der Waals surface area contributed by atoms with Crippen LogP contribution in [0, 0.1) is 13.8 Å². The number of fused-ring (bicyclic) bond motifs is 1. The number of nitrogens with one attached hydrogen (secondary N) is 2. The smallest absolute Gasteiger partial charge is 0.246 e. The van der Waals surface area contributed by atoms with Crippen molar-refractivity contribution in [2.75, 3.05) is 26.4 Å². The van der Waals surface area contributed by atoms with E-state index in [0.717, 1.165) is 36.3 Å². The number of aromatic amines is 1. The maximum absolute atomic E-state index is 11.8. The number of amides is 1. The lowest BCUT2D eigenvalue weighted by atomic mass is 10.1. The third kappa shape index (κ3) is 4.80. The summed E-state index contributed by atoms with van der Waals surface area (Å²) >= 11 is 0. The summed E-state index contributed by atoms with van der Waals surface area (Å²) in [6.45, 7) is 6.09. The van der Waals surface area contributed by atoms with Gasteiger partial charge in [-0.05, 0) is 50.3 Å². The molecule has 2 heterocycles. The molecule has 136 valence electrons. The van der Waals surface area contributed by atoms with E-state index in [4.69, 9.17) is 9.47 Å². The zero-order valence-electron chi connectivity index (χ0n) is 15.1. The van der Waals surface area contributed by atoms with Crippen molar-refractivity contribution in [2.24, 2.45) is 0 Å². The van der Waals surface area contributed by atoms with Gasteiger partial charge < -0.3 is 19.8 Å². The SMILES string of the molecule is Cc1ccc2[nH]c(CCNC(=O)COC[C@H]3CCCCO3)nc2c1C. The van der Waals surface area contributed by atoms with E-state index in [0.29, 0.717) is 19.6 Å². The second kappa shape index (κ2) is 8.45. The van der Waals surface area contributed by atoms with Crippen LogP contribution in [0.3, 0.4) is 0 Å². The molecule has 6 nitrogen and oxygen atoms in total. The van der Waals surface area contributed by atoms with E-state index in [1.54, 1.807) is 0 Å². The molecular formula is C19H27N3O3. The molecular weight excluding hydrogens is 318 g/mol. The number of hydrogen-bond acceptors (Lipinski definition) is 4. The Morgan fingerprint density at radius 1 is 1.40 bits per heavy atom. The van der Waals surface area contributed by atoms with Gasteiger partial charge in [0, 0.05) is 19.6 Å². The molecule has 3 rings (SSSR count). The Hall–Kier alpha value is -1.92. The van der Waals surface area contributed by atoms with Crippen molar-refractivity contribution in [3.05, 3.63) is 29.1 Å². The lowest BCUT2D eigenvalue weighted by molar-refractivity contribution is -0.127. The molecule has 25 heavy (non-hydrogen) atoms. The van der Waals surface area contributed by atoms with Crippen molar-refractivity contribution < 1.29 is 14.3 Å². The second-order valence-electron chi connectivity index (χ2n) is 6.69. The van der Waals surface area contributed by atoms with Gasteiger partial charge in [-0.2, -0.15) is 0 Å². The van der Waals surface area contributed by atoms with E-state index < -0.39 is 0 Å². The number of benzene rings is 1. The predicted molar refractivity (Wildman–Crippen MR) is 96.7 cm³/mol. The van der Waals surface area contributed by atoms with Crippen molar-refractivity contribution in [3.63, 3.8) is 0 Å². The first kappa shape index (κ1) is 17.9. The largest absolute Gasteiger partial charge is 0.376 e. The Balaban J connectivity index is 1.38. The summed E-state index contributed by atoms with van der Waals surface area (Å²) in [5.74, 6) is 0.791. The molecule has 6 heteroatoms. The zero-order chi connectivity index (χ0) is 17.6. The summed E-state index contributed by atoms with van der Waals surface area (Å²) in [5, 5.41) is 2.87. The van der Waals surface area contributed by atoms with Crippen LogP contribution in [-0.2, 0) is 20.7 Å². The maximum Gasteiger partial charge on any atom is 0.246 e. The number of carbonyl (C=O) groups excluding carboxylic acids is 1. The molecule has 1 atom stereocenters. The number of imidazole rings is 1. The Morgan fingerprint density at radius 3 is 3.08 bits per heavy atom. The molecule has 0 spiro atoms. The molecule has 1 aliphatic rings. The fourth-order valence-electron chi connectivity index (χ4n) is 3.08. The van der Waals surface area contributed by atoms with Gasteiger partial charge >= 0.3 is 0 Å². The molecule has 0 radical (unpaired) electrons. The van der Waals surface area contributed by atoms with Crippen molar-refractivity contribution in [3.8, 4) is 0 Å². The highest BCUT2D eigenvalue weighted by molar-refractivity contribution is 5.80. The van der Waals surface area contributed by atoms with Gasteiger partial charge in [0.25, 0.3) is 0 Å². The van der Waals surface area contributed by atoms with Crippen LogP contribution in [0.4, 0.5) is 0 Å². The molecule has 2 N–H and O–H groups in total. The summed E-state index contributed by atoms with van der Waals surface area (Å²) in [6.07, 6.45) is 4.13. The van der Waals surface area contributed by atoms with Gasteiger partial charge in [0.05, 0.1) is 23.7 Å². The Bertz CT molecular complexity index is 720. The first-order chi connectivity index (χ1) is 12.1. The van der Waals surface area contributed by atoms with Gasteiger partial charge in [-0.25, -0.2) is 4.98 Å². The minimum absolute atomic E-state index is 0.0816. The van der Waals surface area contributed by atoms with Crippen LogP contribution in [0.1, 0.15) is 36.2 Å². The van der Waals surface area contributed by atoms with Crippen molar-refractivity contribution >= 4 is 16.9 Å². The Kier molecular flexibility index (Phi) is 6.04. The lowest BCUT2D eigenvalue weighted by Gasteiger charge is -2.22. The van der Waals surface area contributed by atoms with Gasteiger partial charge in [-0.15, -0.1) is 0 Å². The number of H-pyrrole nitrogens is 1. The van der Waals surface area contributed by atoms with Crippen LogP contribution in [0.5, 0.6) is 0 Å². The van der Waals surface area contributed by atoms with Crippen LogP contribution in [-0.4, -0.2) is 48.3 Å². The first-order valence-corrected chi connectivity index (χ1v) is 9.04. The zero-order valence-corrected chi connectivity index (χ0v) is 15.1. The van der Waals surface area contributed by atoms with Crippen LogP contribution < -0.4 is 5.32 Å². The highest BCUT2D eigenvalue weighted by Gasteiger charge is 2.14. The van der Waals surface area contributed by atoms with E-state index in [-0.39, 0.29) is 18.6 Å². The molecule has 0 bridgehead atoms. The molecule has 0 unspecified atom stereocenters. The standard InChI is InChI=1S/C19H27N3O3/c1-13-6-7-16-19(14(13)2)22-17(21-16)8-9-20-18(23)12-24-11-15-5-3-4-10-25-15/h6-7,15H,3-5,8-12H2,1-2H3,(H,20,23)(H,21,22)/t15-/m1/s1. The van der Waals surface area contributed by atoms with E-state index in [9.17, 15) is 4.79 Å². The van der Waals surface area contributed by atoms with Gasteiger partial charge in [-0.3, -0.25) is 4.79 Å². The summed E-state index contributed by atoms with van der Waals surface area (Å²) in [7, 11) is 0. The molecule has 0 saturated carbocycles. The number of hydrogen-bond donors (Lipinski definition) is 2. The summed E-state index contributed by atoms with van der Waals surface area (Å²) in [6, 6.07) is 4.14. The number of aryl methyl sites for hydroxylation is 2. The number of carbonyl (C=O) groups is 1. The average Bonchev–Trinajstić information content (AvgIpc) is 3.03. The summed E-state index contributed by atoms with van der Waals surface area (Å²) < 4.78 is 11.0. The number of nitrogens with zero attached hydrogens (tertiary/aromatic N) is 1. The molecule has 1 aromatic heterocycles.